The van der Waals surface area contributed by atoms with Crippen LogP contribution in [0.1, 0.15) is 27.0 Å². The zero-order valence-corrected chi connectivity index (χ0v) is 24.1. The van der Waals surface area contributed by atoms with Crippen LogP contribution in [-0.4, -0.2) is 78.8 Å². The fourth-order valence-corrected chi connectivity index (χ4v) is 5.24. The number of rotatable bonds is 6. The molecule has 6 rings (SSSR count). The second-order valence-corrected chi connectivity index (χ2v) is 10.8. The van der Waals surface area contributed by atoms with Crippen molar-refractivity contribution in [2.45, 2.75) is 37.3 Å². The quantitative estimate of drug-likeness (QED) is 0.193. The lowest BCUT2D eigenvalue weighted by atomic mass is 9.95. The van der Waals surface area contributed by atoms with Gasteiger partial charge in [0.1, 0.15) is 29.9 Å². The van der Waals surface area contributed by atoms with Gasteiger partial charge in [-0.2, -0.15) is 0 Å². The molecular weight excluding hydrogens is 630 g/mol. The zero-order valence-electron chi connectivity index (χ0n) is 23.3. The minimum Gasteiger partial charge on any atom is -0.479 e. The Labute approximate surface area is 263 Å². The third-order valence-corrected chi connectivity index (χ3v) is 7.61. The van der Waals surface area contributed by atoms with Gasteiger partial charge in [0, 0.05) is 33.6 Å². The number of carboxylic acid groups (broad SMARTS) is 1. The van der Waals surface area contributed by atoms with E-state index in [4.69, 9.17) is 21.1 Å². The number of carbonyl (C=O) groups excluding carboxylic acids is 1. The highest BCUT2D eigenvalue weighted by Crippen LogP contribution is 2.35. The average molecular weight is 653 g/mol. The first kappa shape index (κ1) is 31.1. The number of benzene rings is 3. The molecule has 0 bridgehead atoms. The number of nitrogens with zero attached hydrogens (tertiary/aromatic N) is 3. The molecule has 2 aliphatic heterocycles. The van der Waals surface area contributed by atoms with Crippen LogP contribution >= 0.6 is 11.6 Å². The van der Waals surface area contributed by atoms with Crippen molar-refractivity contribution in [1.29, 1.82) is 0 Å². The predicted octanol–water partition coefficient (Wildman–Crippen LogP) is 3.22. The number of ether oxygens (including phenoxy) is 2. The van der Waals surface area contributed by atoms with E-state index in [1.165, 1.54) is 36.5 Å². The molecule has 15 heteroatoms. The predicted molar refractivity (Wildman–Crippen MR) is 158 cm³/mol. The van der Waals surface area contributed by atoms with Crippen LogP contribution in [0.2, 0.25) is 5.02 Å². The summed E-state index contributed by atoms with van der Waals surface area (Å²) in [6.45, 7) is 0.0322. The molecule has 46 heavy (non-hydrogen) atoms. The number of aliphatic imine (C=N–C) groups is 1. The Morgan fingerprint density at radius 3 is 2.37 bits per heavy atom. The van der Waals surface area contributed by atoms with E-state index in [9.17, 15) is 38.8 Å². The SMILES string of the molecule is O=C(O[C@@H]1O[C@H](C(=O)O)[C@@H](O)[C@H](O)[C@H]1O)c1ccc(Nc2ncc3c(n2)-c2ccc(Cl)cc2C(c2c(F)cccc2F)=NC3)cc1. The second kappa shape index (κ2) is 12.5. The first-order valence-corrected chi connectivity index (χ1v) is 14.0. The Hall–Kier alpha value is -4.86. The third-order valence-electron chi connectivity index (χ3n) is 7.38. The van der Waals surface area contributed by atoms with Crippen LogP contribution in [0, 0.1) is 11.6 Å². The van der Waals surface area contributed by atoms with Crippen molar-refractivity contribution in [2.75, 3.05) is 5.32 Å². The number of aliphatic hydroxyl groups excluding tert-OH is 3. The first-order valence-electron chi connectivity index (χ1n) is 13.7. The lowest BCUT2D eigenvalue weighted by molar-refractivity contribution is -0.278. The molecule has 0 saturated carbocycles. The maximum Gasteiger partial charge on any atom is 0.340 e. The highest BCUT2D eigenvalue weighted by Gasteiger charge is 2.48. The molecule has 0 spiro atoms. The summed E-state index contributed by atoms with van der Waals surface area (Å²) >= 11 is 6.27. The molecule has 1 fully saturated rings. The van der Waals surface area contributed by atoms with Gasteiger partial charge in [0.2, 0.25) is 12.2 Å². The first-order chi connectivity index (χ1) is 22.0. The molecular formula is C31H23ClF2N4O8. The smallest absolute Gasteiger partial charge is 0.340 e. The summed E-state index contributed by atoms with van der Waals surface area (Å²) in [5.74, 6) is -4.02. The number of anilines is 2. The number of esters is 1. The second-order valence-electron chi connectivity index (χ2n) is 10.4. The molecule has 236 valence electrons. The highest BCUT2D eigenvalue weighted by molar-refractivity contribution is 6.31. The molecule has 3 aromatic carbocycles. The summed E-state index contributed by atoms with van der Waals surface area (Å²) in [5, 5.41) is 42.4. The summed E-state index contributed by atoms with van der Waals surface area (Å²) in [7, 11) is 0. The average Bonchev–Trinajstić information content (AvgIpc) is 3.18. The van der Waals surface area contributed by atoms with Gasteiger partial charge in [-0.25, -0.2) is 28.3 Å². The van der Waals surface area contributed by atoms with E-state index >= 15 is 0 Å². The number of aliphatic hydroxyl groups is 3. The molecule has 1 aromatic heterocycles. The number of aliphatic carboxylic acids is 1. The topological polar surface area (TPSA) is 184 Å². The van der Waals surface area contributed by atoms with Crippen LogP contribution < -0.4 is 5.32 Å². The Bertz CT molecular complexity index is 1860. The number of nitrogens with one attached hydrogen (secondary N) is 1. The monoisotopic (exact) mass is 652 g/mol. The van der Waals surface area contributed by atoms with Crippen molar-refractivity contribution < 1.29 is 48.3 Å². The van der Waals surface area contributed by atoms with Crippen LogP contribution in [0.25, 0.3) is 11.3 Å². The van der Waals surface area contributed by atoms with E-state index in [-0.39, 0.29) is 29.3 Å². The van der Waals surface area contributed by atoms with E-state index in [0.29, 0.717) is 33.1 Å². The third kappa shape index (κ3) is 5.91. The molecule has 0 aliphatic carbocycles. The number of fused-ring (bicyclic) bond motifs is 3. The number of aromatic nitrogens is 2. The van der Waals surface area contributed by atoms with Gasteiger partial charge < -0.3 is 35.2 Å². The van der Waals surface area contributed by atoms with Crippen molar-refractivity contribution >= 4 is 40.9 Å². The molecule has 12 nitrogen and oxygen atoms in total. The number of hydrogen-bond donors (Lipinski definition) is 5. The Morgan fingerprint density at radius 1 is 0.957 bits per heavy atom. The van der Waals surface area contributed by atoms with E-state index in [0.717, 1.165) is 12.1 Å². The molecule has 1 saturated heterocycles. The lowest BCUT2D eigenvalue weighted by Crippen LogP contribution is -2.60. The fourth-order valence-electron chi connectivity index (χ4n) is 5.06. The Morgan fingerprint density at radius 2 is 1.67 bits per heavy atom. The van der Waals surface area contributed by atoms with Crippen molar-refractivity contribution in [2.24, 2.45) is 4.99 Å². The summed E-state index contributed by atoms with van der Waals surface area (Å²) in [4.78, 5) is 37.5. The van der Waals surface area contributed by atoms with Gasteiger partial charge in [0.15, 0.2) is 6.10 Å². The molecule has 0 radical (unpaired) electrons. The normalized spacial score (nSPS) is 22.1. The minimum atomic E-state index is -1.93. The summed E-state index contributed by atoms with van der Waals surface area (Å²) < 4.78 is 39.7. The molecule has 2 aliphatic rings. The number of halogens is 3. The number of carboxylic acids is 1. The molecule has 5 atom stereocenters. The van der Waals surface area contributed by atoms with Crippen LogP contribution in [0.15, 0.2) is 71.9 Å². The summed E-state index contributed by atoms with van der Waals surface area (Å²) in [5.41, 5.74) is 2.19. The molecule has 0 amide bonds. The van der Waals surface area contributed by atoms with Crippen molar-refractivity contribution in [3.63, 3.8) is 0 Å². The Kier molecular flexibility index (Phi) is 8.46. The largest absolute Gasteiger partial charge is 0.479 e. The van der Waals surface area contributed by atoms with Crippen LogP contribution in [0.5, 0.6) is 0 Å². The standard InChI is InChI=1S/C31H23ClF2N4O8/c32-15-6-9-17-18(10-15)23(21-19(33)2-1-3-20(21)34)35-11-14-12-36-31(38-22(14)17)37-16-7-4-13(5-8-16)29(44)46-30-26(41)24(39)25(40)27(45-30)28(42)43/h1-10,12,24-27,30,39-41H,11H2,(H,42,43)(H,36,37,38)/t24-,25-,26+,27-,30-/m0/s1. The fraction of sp³-hybridized carbons (Fsp3) is 0.194. The van der Waals surface area contributed by atoms with Crippen molar-refractivity contribution in [3.8, 4) is 11.3 Å². The maximum atomic E-state index is 14.8. The van der Waals surface area contributed by atoms with Crippen molar-refractivity contribution in [1.82, 2.24) is 9.97 Å². The van der Waals surface area contributed by atoms with Crippen molar-refractivity contribution in [3.05, 3.63) is 106 Å². The van der Waals surface area contributed by atoms with E-state index < -0.39 is 54.3 Å². The molecule has 0 unspecified atom stereocenters. The Balaban J connectivity index is 1.22. The van der Waals surface area contributed by atoms with Crippen LogP contribution in [0.4, 0.5) is 20.4 Å². The van der Waals surface area contributed by atoms with Gasteiger partial charge in [-0.15, -0.1) is 0 Å². The number of carbonyl (C=O) groups is 2. The zero-order chi connectivity index (χ0) is 32.7. The molecule has 5 N–H and O–H groups in total. The summed E-state index contributed by atoms with van der Waals surface area (Å²) in [6, 6.07) is 14.1. The summed E-state index contributed by atoms with van der Waals surface area (Å²) in [6.07, 6.45) is -8.00. The van der Waals surface area contributed by atoms with Gasteiger partial charge in [0.25, 0.3) is 0 Å². The lowest BCUT2D eigenvalue weighted by Gasteiger charge is -2.37. The molecule has 3 heterocycles. The van der Waals surface area contributed by atoms with Crippen LogP contribution in [-0.2, 0) is 20.8 Å². The van der Waals surface area contributed by atoms with Gasteiger partial charge in [0.05, 0.1) is 29.1 Å². The number of hydrogen-bond acceptors (Lipinski definition) is 11. The van der Waals surface area contributed by atoms with Gasteiger partial charge in [-0.1, -0.05) is 23.7 Å². The van der Waals surface area contributed by atoms with E-state index in [2.05, 4.69) is 20.3 Å². The van der Waals surface area contributed by atoms with Gasteiger partial charge in [-0.05, 0) is 48.5 Å². The van der Waals surface area contributed by atoms with E-state index in [1.54, 1.807) is 18.2 Å². The molecule has 4 aromatic rings. The van der Waals surface area contributed by atoms with Crippen LogP contribution in [0.3, 0.4) is 0 Å². The maximum absolute atomic E-state index is 14.8. The minimum absolute atomic E-state index is 0.00690. The van der Waals surface area contributed by atoms with Gasteiger partial charge >= 0.3 is 11.9 Å². The highest BCUT2D eigenvalue weighted by atomic mass is 35.5. The van der Waals surface area contributed by atoms with E-state index in [1.807, 2.05) is 0 Å². The van der Waals surface area contributed by atoms with Gasteiger partial charge in [-0.3, -0.25) is 4.99 Å².